The quantitative estimate of drug-likeness (QED) is 0.887. The molecule has 0 saturated carbocycles. The first-order chi connectivity index (χ1) is 9.89. The van der Waals surface area contributed by atoms with Crippen molar-refractivity contribution in [3.05, 3.63) is 16.8 Å². The minimum absolute atomic E-state index is 0.0748. The van der Waals surface area contributed by atoms with Crippen molar-refractivity contribution in [2.24, 2.45) is 11.1 Å². The van der Waals surface area contributed by atoms with E-state index in [1.54, 1.807) is 17.7 Å². The summed E-state index contributed by atoms with van der Waals surface area (Å²) in [6.07, 6.45) is 2.78. The monoisotopic (exact) mass is 306 g/mol. The molecular weight excluding hydrogens is 280 g/mol. The lowest BCUT2D eigenvalue weighted by Crippen LogP contribution is -2.39. The highest BCUT2D eigenvalue weighted by Gasteiger charge is 2.23. The molecule has 0 bridgehead atoms. The first-order valence-electron chi connectivity index (χ1n) is 7.55. The van der Waals surface area contributed by atoms with Crippen LogP contribution in [0.3, 0.4) is 0 Å². The molecule has 0 fully saturated rings. The molecule has 0 aliphatic rings. The van der Waals surface area contributed by atoms with Crippen molar-refractivity contribution >= 4 is 27.4 Å². The van der Waals surface area contributed by atoms with Gasteiger partial charge >= 0.3 is 0 Å². The summed E-state index contributed by atoms with van der Waals surface area (Å²) in [5, 5.41) is 1.21. The Balaban J connectivity index is 2.50. The van der Waals surface area contributed by atoms with Crippen LogP contribution in [-0.2, 0) is 0 Å². The Morgan fingerprint density at radius 3 is 2.62 bits per heavy atom. The summed E-state index contributed by atoms with van der Waals surface area (Å²) in [6, 6.07) is 0. The Bertz CT molecular complexity index is 618. The third-order valence-electron chi connectivity index (χ3n) is 3.91. The van der Waals surface area contributed by atoms with Crippen LogP contribution in [0.2, 0.25) is 0 Å². The molecule has 116 valence electrons. The van der Waals surface area contributed by atoms with Gasteiger partial charge in [-0.2, -0.15) is 0 Å². The standard InChI is InChI=1S/C16H26N4S/c1-6-7-20(9-16(4,5)8-17)14-13-11(2)12(3)21-15(13)19-10-18-14/h10H,6-9,17H2,1-5H3. The molecule has 0 unspecified atom stereocenters. The lowest BCUT2D eigenvalue weighted by atomic mass is 9.93. The molecule has 0 aliphatic heterocycles. The molecular formula is C16H26N4S. The van der Waals surface area contributed by atoms with E-state index in [2.05, 4.69) is 49.5 Å². The molecule has 0 atom stereocenters. The normalized spacial score (nSPS) is 12.1. The second-order valence-electron chi connectivity index (χ2n) is 6.45. The second-order valence-corrected chi connectivity index (χ2v) is 7.65. The Hall–Kier alpha value is -1.20. The van der Waals surface area contributed by atoms with E-state index in [4.69, 9.17) is 5.73 Å². The number of hydrogen-bond acceptors (Lipinski definition) is 5. The molecule has 2 rings (SSSR count). The molecule has 2 heterocycles. The van der Waals surface area contributed by atoms with Crippen molar-refractivity contribution in [1.29, 1.82) is 0 Å². The number of hydrogen-bond donors (Lipinski definition) is 1. The molecule has 4 nitrogen and oxygen atoms in total. The van der Waals surface area contributed by atoms with Gasteiger partial charge < -0.3 is 10.6 Å². The summed E-state index contributed by atoms with van der Waals surface area (Å²) < 4.78 is 0. The summed E-state index contributed by atoms with van der Waals surface area (Å²) in [4.78, 5) is 13.8. The van der Waals surface area contributed by atoms with Crippen LogP contribution in [0.1, 0.15) is 37.6 Å². The number of rotatable bonds is 6. The maximum atomic E-state index is 5.92. The van der Waals surface area contributed by atoms with Crippen molar-refractivity contribution < 1.29 is 0 Å². The Labute approximate surface area is 131 Å². The number of aromatic nitrogens is 2. The van der Waals surface area contributed by atoms with Gasteiger partial charge in [0.2, 0.25) is 0 Å². The molecule has 0 spiro atoms. The number of thiophene rings is 1. The average Bonchev–Trinajstić information content (AvgIpc) is 2.74. The van der Waals surface area contributed by atoms with Gasteiger partial charge in [0.25, 0.3) is 0 Å². The molecule has 0 radical (unpaired) electrons. The molecule has 2 aromatic heterocycles. The van der Waals surface area contributed by atoms with E-state index >= 15 is 0 Å². The van der Waals surface area contributed by atoms with E-state index in [0.717, 1.165) is 30.2 Å². The van der Waals surface area contributed by atoms with Crippen molar-refractivity contribution in [3.63, 3.8) is 0 Å². The lowest BCUT2D eigenvalue weighted by Gasteiger charge is -2.33. The number of nitrogens with zero attached hydrogens (tertiary/aromatic N) is 3. The zero-order chi connectivity index (χ0) is 15.6. The predicted octanol–water partition coefficient (Wildman–Crippen LogP) is 3.51. The van der Waals surface area contributed by atoms with E-state index in [9.17, 15) is 0 Å². The van der Waals surface area contributed by atoms with Gasteiger partial charge in [0, 0.05) is 18.0 Å². The molecule has 0 aliphatic carbocycles. The summed E-state index contributed by atoms with van der Waals surface area (Å²) in [5.74, 6) is 1.06. The molecule has 21 heavy (non-hydrogen) atoms. The Kier molecular flexibility index (Phi) is 4.84. The number of nitrogens with two attached hydrogens (primary N) is 1. The van der Waals surface area contributed by atoms with Crippen molar-refractivity contribution in [2.75, 3.05) is 24.5 Å². The summed E-state index contributed by atoms with van der Waals surface area (Å²) in [7, 11) is 0. The number of anilines is 1. The summed E-state index contributed by atoms with van der Waals surface area (Å²) in [5.41, 5.74) is 7.30. The summed E-state index contributed by atoms with van der Waals surface area (Å²) >= 11 is 1.75. The molecule has 0 aromatic carbocycles. The van der Waals surface area contributed by atoms with E-state index < -0.39 is 0 Å². The van der Waals surface area contributed by atoms with Crippen LogP contribution in [0.15, 0.2) is 6.33 Å². The van der Waals surface area contributed by atoms with E-state index in [-0.39, 0.29) is 5.41 Å². The molecule has 0 amide bonds. The van der Waals surface area contributed by atoms with Gasteiger partial charge in [0.15, 0.2) is 0 Å². The zero-order valence-corrected chi connectivity index (χ0v) is 14.5. The average molecular weight is 306 g/mol. The van der Waals surface area contributed by atoms with Crippen LogP contribution in [0.5, 0.6) is 0 Å². The SMILES string of the molecule is CCCN(CC(C)(C)CN)c1ncnc2sc(C)c(C)c12. The highest BCUT2D eigenvalue weighted by molar-refractivity contribution is 7.18. The van der Waals surface area contributed by atoms with Crippen LogP contribution in [0.4, 0.5) is 5.82 Å². The van der Waals surface area contributed by atoms with Crippen LogP contribution in [0.25, 0.3) is 10.2 Å². The Morgan fingerprint density at radius 2 is 2.00 bits per heavy atom. The predicted molar refractivity (Wildman–Crippen MR) is 92.2 cm³/mol. The van der Waals surface area contributed by atoms with Crippen LogP contribution < -0.4 is 10.6 Å². The lowest BCUT2D eigenvalue weighted by molar-refractivity contribution is 0.377. The van der Waals surface area contributed by atoms with Gasteiger partial charge in [0.1, 0.15) is 17.0 Å². The summed E-state index contributed by atoms with van der Waals surface area (Å²) in [6.45, 7) is 13.5. The minimum atomic E-state index is 0.0748. The topological polar surface area (TPSA) is 55.0 Å². The number of aryl methyl sites for hydroxylation is 2. The fourth-order valence-electron chi connectivity index (χ4n) is 2.51. The van der Waals surface area contributed by atoms with Crippen molar-refractivity contribution in [1.82, 2.24) is 9.97 Å². The van der Waals surface area contributed by atoms with Crippen LogP contribution in [0, 0.1) is 19.3 Å². The van der Waals surface area contributed by atoms with Gasteiger partial charge in [0.05, 0.1) is 5.39 Å². The molecule has 5 heteroatoms. The van der Waals surface area contributed by atoms with E-state index in [1.165, 1.54) is 15.8 Å². The first-order valence-corrected chi connectivity index (χ1v) is 8.37. The fourth-order valence-corrected chi connectivity index (χ4v) is 3.51. The largest absolute Gasteiger partial charge is 0.355 e. The zero-order valence-electron chi connectivity index (χ0n) is 13.7. The Morgan fingerprint density at radius 1 is 1.29 bits per heavy atom. The van der Waals surface area contributed by atoms with E-state index in [0.29, 0.717) is 6.54 Å². The highest BCUT2D eigenvalue weighted by Crippen LogP contribution is 2.35. The van der Waals surface area contributed by atoms with Gasteiger partial charge in [-0.25, -0.2) is 9.97 Å². The van der Waals surface area contributed by atoms with Crippen LogP contribution >= 0.6 is 11.3 Å². The third kappa shape index (κ3) is 3.35. The minimum Gasteiger partial charge on any atom is -0.355 e. The van der Waals surface area contributed by atoms with Crippen molar-refractivity contribution in [2.45, 2.75) is 41.0 Å². The molecule has 0 saturated heterocycles. The molecule has 2 aromatic rings. The van der Waals surface area contributed by atoms with Gasteiger partial charge in [-0.05, 0) is 37.8 Å². The molecule has 2 N–H and O–H groups in total. The fraction of sp³-hybridized carbons (Fsp3) is 0.625. The maximum Gasteiger partial charge on any atom is 0.141 e. The smallest absolute Gasteiger partial charge is 0.141 e. The van der Waals surface area contributed by atoms with Crippen molar-refractivity contribution in [3.8, 4) is 0 Å². The number of fused-ring (bicyclic) bond motifs is 1. The second kappa shape index (κ2) is 6.28. The van der Waals surface area contributed by atoms with E-state index in [1.807, 2.05) is 0 Å². The van der Waals surface area contributed by atoms with Gasteiger partial charge in [-0.15, -0.1) is 11.3 Å². The first kappa shape index (κ1) is 16.2. The maximum absolute atomic E-state index is 5.92. The third-order valence-corrected chi connectivity index (χ3v) is 5.03. The van der Waals surface area contributed by atoms with Crippen LogP contribution in [-0.4, -0.2) is 29.6 Å². The van der Waals surface area contributed by atoms with Gasteiger partial charge in [-0.1, -0.05) is 20.8 Å². The van der Waals surface area contributed by atoms with Gasteiger partial charge in [-0.3, -0.25) is 0 Å². The highest BCUT2D eigenvalue weighted by atomic mass is 32.1.